The molecule has 150 valence electrons. The number of thioether (sulfide) groups is 1. The topological polar surface area (TPSA) is 3.24 Å². The van der Waals surface area contributed by atoms with Gasteiger partial charge in [0.1, 0.15) is 0 Å². The average molecular weight is 386 g/mol. The Balaban J connectivity index is 0.000000407. The number of benzene rings is 1. The molecule has 1 aromatic carbocycles. The molecule has 0 bridgehead atoms. The molecule has 2 heteroatoms. The lowest BCUT2D eigenvalue weighted by Gasteiger charge is -2.23. The highest BCUT2D eigenvalue weighted by Crippen LogP contribution is 2.43. The summed E-state index contributed by atoms with van der Waals surface area (Å²) >= 11 is 2.16. The smallest absolute Gasteiger partial charge is 0.0290 e. The fourth-order valence-corrected chi connectivity index (χ4v) is 4.46. The second-order valence-corrected chi connectivity index (χ2v) is 8.18. The van der Waals surface area contributed by atoms with Gasteiger partial charge >= 0.3 is 0 Å². The van der Waals surface area contributed by atoms with Crippen molar-refractivity contribution in [2.75, 3.05) is 20.1 Å². The zero-order chi connectivity index (χ0) is 20.5. The van der Waals surface area contributed by atoms with Crippen LogP contribution in [-0.2, 0) is 0 Å². The van der Waals surface area contributed by atoms with Crippen molar-refractivity contribution in [2.45, 2.75) is 51.7 Å². The van der Waals surface area contributed by atoms with Crippen LogP contribution < -0.4 is 0 Å². The van der Waals surface area contributed by atoms with Gasteiger partial charge in [0.15, 0.2) is 0 Å². The Hall–Kier alpha value is -1.51. The van der Waals surface area contributed by atoms with Crippen LogP contribution in [-0.4, -0.2) is 30.3 Å². The van der Waals surface area contributed by atoms with Gasteiger partial charge in [-0.1, -0.05) is 86.2 Å². The van der Waals surface area contributed by atoms with Crippen LogP contribution in [0.25, 0.3) is 0 Å². The standard InChI is InChI=1S/C11H19NS.C7H8.C4H6.C3H6/c1-3-4-10-7-9-5-6-12(2)8-11(9)13-10;1-7-5-3-2-4-6-7;1-3-4-2;1-3-2/h10H,3-8H2,1-2H3;2-6H,1H3;3-4H,1-2H2;3H,1H2,2H3. The maximum absolute atomic E-state index is 3.36. The Morgan fingerprint density at radius 3 is 2.19 bits per heavy atom. The Kier molecular flexibility index (Phi) is 15.7. The molecular weight excluding hydrogens is 346 g/mol. The molecular formula is C25H39NS. The van der Waals surface area contributed by atoms with E-state index in [4.69, 9.17) is 0 Å². The predicted octanol–water partition coefficient (Wildman–Crippen LogP) is 7.43. The summed E-state index contributed by atoms with van der Waals surface area (Å²) in [5, 5.41) is 0.918. The first-order chi connectivity index (χ1) is 13.0. The minimum absolute atomic E-state index is 0.918. The third-order valence-corrected chi connectivity index (χ3v) is 5.54. The van der Waals surface area contributed by atoms with Gasteiger partial charge in [-0.3, -0.25) is 0 Å². The molecule has 2 heterocycles. The molecule has 0 amide bonds. The summed E-state index contributed by atoms with van der Waals surface area (Å²) in [7, 11) is 2.23. The lowest BCUT2D eigenvalue weighted by Crippen LogP contribution is -2.25. The number of allylic oxidation sites excluding steroid dienone is 3. The summed E-state index contributed by atoms with van der Waals surface area (Å²) in [6.07, 6.45) is 10.5. The monoisotopic (exact) mass is 385 g/mol. The third kappa shape index (κ3) is 12.5. The SMILES string of the molecule is C=CC.C=CC=C.CCCC1CC2=C(CN(C)CC2)S1.Cc1ccccc1. The van der Waals surface area contributed by atoms with E-state index in [2.05, 4.69) is 69.4 Å². The van der Waals surface area contributed by atoms with E-state index in [-0.39, 0.29) is 0 Å². The molecule has 0 radical (unpaired) electrons. The van der Waals surface area contributed by atoms with E-state index in [1.165, 1.54) is 44.3 Å². The van der Waals surface area contributed by atoms with E-state index in [0.29, 0.717) is 0 Å². The summed E-state index contributed by atoms with van der Waals surface area (Å²) in [5.41, 5.74) is 3.10. The maximum atomic E-state index is 3.36. The molecule has 2 aliphatic heterocycles. The van der Waals surface area contributed by atoms with Gasteiger partial charge in [-0.2, -0.15) is 0 Å². The molecule has 0 spiro atoms. The molecule has 0 N–H and O–H groups in total. The van der Waals surface area contributed by atoms with Crippen LogP contribution in [0.2, 0.25) is 0 Å². The Bertz CT molecular complexity index is 553. The van der Waals surface area contributed by atoms with E-state index in [9.17, 15) is 0 Å². The van der Waals surface area contributed by atoms with Gasteiger partial charge in [-0.05, 0) is 45.1 Å². The van der Waals surface area contributed by atoms with Crippen molar-refractivity contribution >= 4 is 11.8 Å². The van der Waals surface area contributed by atoms with Crippen LogP contribution in [0.1, 0.15) is 45.1 Å². The van der Waals surface area contributed by atoms with Gasteiger partial charge in [-0.15, -0.1) is 18.3 Å². The molecule has 1 aromatic rings. The van der Waals surface area contributed by atoms with E-state index >= 15 is 0 Å². The van der Waals surface area contributed by atoms with Crippen LogP contribution in [0, 0.1) is 6.92 Å². The van der Waals surface area contributed by atoms with E-state index < -0.39 is 0 Å². The first-order valence-electron chi connectivity index (χ1n) is 9.90. The fourth-order valence-electron chi connectivity index (χ4n) is 2.77. The van der Waals surface area contributed by atoms with Gasteiger partial charge in [0.2, 0.25) is 0 Å². The van der Waals surface area contributed by atoms with E-state index in [0.717, 1.165) is 5.25 Å². The quantitative estimate of drug-likeness (QED) is 0.393. The zero-order valence-corrected chi connectivity index (χ0v) is 18.7. The van der Waals surface area contributed by atoms with Gasteiger partial charge in [0, 0.05) is 18.3 Å². The van der Waals surface area contributed by atoms with Crippen molar-refractivity contribution in [3.05, 3.63) is 84.3 Å². The molecule has 1 unspecified atom stereocenters. The third-order valence-electron chi connectivity index (χ3n) is 4.10. The Labute approximate surface area is 172 Å². The van der Waals surface area contributed by atoms with Crippen molar-refractivity contribution in [3.8, 4) is 0 Å². The highest BCUT2D eigenvalue weighted by Gasteiger charge is 2.27. The molecule has 1 nitrogen and oxygen atoms in total. The van der Waals surface area contributed by atoms with Gasteiger partial charge in [0.05, 0.1) is 0 Å². The van der Waals surface area contributed by atoms with Gasteiger partial charge in [0.25, 0.3) is 0 Å². The normalized spacial score (nSPS) is 17.7. The van der Waals surface area contributed by atoms with Crippen molar-refractivity contribution in [2.24, 2.45) is 0 Å². The number of hydrogen-bond acceptors (Lipinski definition) is 2. The molecule has 1 atom stereocenters. The second kappa shape index (κ2) is 16.6. The summed E-state index contributed by atoms with van der Waals surface area (Å²) in [6.45, 7) is 18.8. The van der Waals surface area contributed by atoms with Crippen molar-refractivity contribution < 1.29 is 0 Å². The first kappa shape index (κ1) is 25.5. The Morgan fingerprint density at radius 1 is 1.15 bits per heavy atom. The van der Waals surface area contributed by atoms with Gasteiger partial charge < -0.3 is 4.90 Å². The average Bonchev–Trinajstić information content (AvgIpc) is 3.05. The van der Waals surface area contributed by atoms with E-state index in [1.54, 1.807) is 28.7 Å². The lowest BCUT2D eigenvalue weighted by atomic mass is 10.0. The highest BCUT2D eigenvalue weighted by atomic mass is 32.2. The van der Waals surface area contributed by atoms with Gasteiger partial charge in [-0.25, -0.2) is 0 Å². The Morgan fingerprint density at radius 2 is 1.74 bits per heavy atom. The van der Waals surface area contributed by atoms with Crippen LogP contribution in [0.15, 0.2) is 78.8 Å². The van der Waals surface area contributed by atoms with Crippen LogP contribution in [0.3, 0.4) is 0 Å². The second-order valence-electron chi connectivity index (χ2n) is 6.78. The molecule has 27 heavy (non-hydrogen) atoms. The number of rotatable bonds is 3. The molecule has 0 fully saturated rings. The molecule has 0 saturated carbocycles. The minimum atomic E-state index is 0.918. The van der Waals surface area contributed by atoms with Crippen LogP contribution in [0.4, 0.5) is 0 Å². The number of hydrogen-bond donors (Lipinski definition) is 0. The molecule has 2 aliphatic rings. The molecule has 0 aromatic heterocycles. The van der Waals surface area contributed by atoms with Crippen molar-refractivity contribution in [3.63, 3.8) is 0 Å². The summed E-state index contributed by atoms with van der Waals surface area (Å²) in [5.74, 6) is 0. The van der Waals surface area contributed by atoms with E-state index in [1.807, 2.05) is 25.1 Å². The largest absolute Gasteiger partial charge is 0.301 e. The maximum Gasteiger partial charge on any atom is 0.0290 e. The van der Waals surface area contributed by atoms with Crippen molar-refractivity contribution in [1.82, 2.24) is 4.90 Å². The van der Waals surface area contributed by atoms with Crippen molar-refractivity contribution in [1.29, 1.82) is 0 Å². The highest BCUT2D eigenvalue weighted by molar-refractivity contribution is 8.04. The van der Waals surface area contributed by atoms with Crippen LogP contribution >= 0.6 is 11.8 Å². The lowest BCUT2D eigenvalue weighted by molar-refractivity contribution is 0.355. The molecule has 0 saturated heterocycles. The summed E-state index contributed by atoms with van der Waals surface area (Å²) in [6, 6.07) is 10.3. The molecule has 3 rings (SSSR count). The fraction of sp³-hybridized carbons (Fsp3) is 0.440. The number of likely N-dealkylation sites (N-methyl/N-ethyl adjacent to an activating group) is 1. The minimum Gasteiger partial charge on any atom is -0.301 e. The van der Waals surface area contributed by atoms with Crippen LogP contribution in [0.5, 0.6) is 0 Å². The summed E-state index contributed by atoms with van der Waals surface area (Å²) in [4.78, 5) is 4.15. The predicted molar refractivity (Wildman–Crippen MR) is 127 cm³/mol. The molecule has 0 aliphatic carbocycles. The number of nitrogens with zero attached hydrogens (tertiary/aromatic N) is 1. The zero-order valence-electron chi connectivity index (χ0n) is 17.9. The first-order valence-corrected chi connectivity index (χ1v) is 10.8. The summed E-state index contributed by atoms with van der Waals surface area (Å²) < 4.78 is 0. The number of aryl methyl sites for hydroxylation is 1.